The number of aromatic nitrogens is 2. The number of carbonyl (C=O) groups is 3. The predicted molar refractivity (Wildman–Crippen MR) is 187 cm³/mol. The van der Waals surface area contributed by atoms with Gasteiger partial charge in [0, 0.05) is 43.0 Å². The third-order valence-electron chi connectivity index (χ3n) is 9.97. The minimum Gasteiger partial charge on any atom is -0.469 e. The van der Waals surface area contributed by atoms with Crippen molar-refractivity contribution in [1.82, 2.24) is 20.2 Å². The number of methoxy groups -OCH3 is 1. The number of nitrogens with one attached hydrogen (secondary N) is 1. The van der Waals surface area contributed by atoms with Gasteiger partial charge in [-0.2, -0.15) is 0 Å². The van der Waals surface area contributed by atoms with Crippen LogP contribution in [0.4, 0.5) is 4.79 Å². The fraction of sp³-hybridized carbons (Fsp3) is 0.375. The Bertz CT molecular complexity index is 1700. The summed E-state index contributed by atoms with van der Waals surface area (Å²) in [6.45, 7) is 2.88. The van der Waals surface area contributed by atoms with E-state index in [2.05, 4.69) is 46.5 Å². The molecule has 1 aliphatic heterocycles. The van der Waals surface area contributed by atoms with E-state index in [1.54, 1.807) is 4.90 Å². The number of rotatable bonds is 11. The second-order valence-corrected chi connectivity index (χ2v) is 13.2. The molecule has 49 heavy (non-hydrogen) atoms. The number of esters is 1. The molecule has 3 aromatic carbocycles. The Morgan fingerprint density at radius 1 is 0.816 bits per heavy atom. The molecule has 0 bridgehead atoms. The normalized spacial score (nSPS) is 18.2. The van der Waals surface area contributed by atoms with E-state index < -0.39 is 12.1 Å². The molecule has 0 spiro atoms. The molecule has 1 atom stereocenters. The van der Waals surface area contributed by atoms with E-state index in [9.17, 15) is 14.4 Å². The fourth-order valence-corrected chi connectivity index (χ4v) is 6.81. The summed E-state index contributed by atoms with van der Waals surface area (Å²) in [5.74, 6) is 1.16. The minimum absolute atomic E-state index is 0.0838. The lowest BCUT2D eigenvalue weighted by atomic mass is 9.78. The zero-order valence-electron chi connectivity index (χ0n) is 28.2. The Labute approximate surface area is 288 Å². The van der Waals surface area contributed by atoms with Crippen LogP contribution in [0.25, 0.3) is 22.5 Å². The first-order valence-electron chi connectivity index (χ1n) is 17.3. The zero-order valence-corrected chi connectivity index (χ0v) is 28.2. The lowest BCUT2D eigenvalue weighted by Gasteiger charge is -2.39. The van der Waals surface area contributed by atoms with Crippen molar-refractivity contribution in [2.75, 3.05) is 20.2 Å². The maximum atomic E-state index is 13.4. The van der Waals surface area contributed by atoms with E-state index in [0.29, 0.717) is 11.7 Å². The zero-order chi connectivity index (χ0) is 34.2. The second-order valence-electron chi connectivity index (χ2n) is 13.2. The smallest absolute Gasteiger partial charge is 0.408 e. The monoisotopic (exact) mass is 660 g/mol. The van der Waals surface area contributed by atoms with Gasteiger partial charge in [-0.15, -0.1) is 0 Å². The number of nitrogens with zero attached hydrogens (tertiary/aromatic N) is 3. The number of hydrogen-bond donors (Lipinski definition) is 1. The summed E-state index contributed by atoms with van der Waals surface area (Å²) in [5, 5.41) is 2.74. The molecule has 1 saturated heterocycles. The van der Waals surface area contributed by atoms with Crippen LogP contribution in [0.2, 0.25) is 0 Å². The molecule has 1 aliphatic carbocycles. The van der Waals surface area contributed by atoms with Crippen LogP contribution in [0.3, 0.4) is 0 Å². The number of hydrogen-bond acceptors (Lipinski definition) is 7. The van der Waals surface area contributed by atoms with E-state index in [1.165, 1.54) is 44.8 Å². The third-order valence-corrected chi connectivity index (χ3v) is 9.97. The van der Waals surface area contributed by atoms with Crippen LogP contribution in [0, 0.1) is 11.8 Å². The molecule has 1 aromatic heterocycles. The van der Waals surface area contributed by atoms with Crippen LogP contribution in [-0.2, 0) is 32.1 Å². The maximum absolute atomic E-state index is 13.4. The van der Waals surface area contributed by atoms with Gasteiger partial charge in [0.2, 0.25) is 5.91 Å². The lowest BCUT2D eigenvalue weighted by molar-refractivity contribution is -0.156. The van der Waals surface area contributed by atoms with Crippen molar-refractivity contribution in [3.8, 4) is 22.5 Å². The van der Waals surface area contributed by atoms with Gasteiger partial charge in [-0.1, -0.05) is 92.2 Å². The second kappa shape index (κ2) is 15.9. The predicted octanol–water partition coefficient (Wildman–Crippen LogP) is 6.96. The highest BCUT2D eigenvalue weighted by Gasteiger charge is 2.39. The maximum Gasteiger partial charge on any atom is 0.408 e. The molecule has 254 valence electrons. The summed E-state index contributed by atoms with van der Waals surface area (Å²) < 4.78 is 10.2. The van der Waals surface area contributed by atoms with Crippen molar-refractivity contribution in [2.24, 2.45) is 11.8 Å². The molecule has 2 amide bonds. The van der Waals surface area contributed by atoms with Crippen molar-refractivity contribution >= 4 is 18.0 Å². The number of carbonyl (C=O) groups excluding carboxylic acids is 3. The average Bonchev–Trinajstić information content (AvgIpc) is 3.14. The summed E-state index contributed by atoms with van der Waals surface area (Å²) in [7, 11) is 1.33. The molecule has 9 nitrogen and oxygen atoms in total. The molecule has 0 radical (unpaired) electrons. The number of ether oxygens (including phenoxy) is 2. The average molecular weight is 661 g/mol. The first-order valence-corrected chi connectivity index (χ1v) is 17.3. The number of alkyl carbamates (subject to hydrolysis) is 1. The molecule has 1 N–H and O–H groups in total. The van der Waals surface area contributed by atoms with Crippen LogP contribution in [-0.4, -0.2) is 59.1 Å². The van der Waals surface area contributed by atoms with Gasteiger partial charge in [0.1, 0.15) is 12.6 Å². The summed E-state index contributed by atoms with van der Waals surface area (Å²) in [5.41, 5.74) is 6.01. The quantitative estimate of drug-likeness (QED) is 0.173. The van der Waals surface area contributed by atoms with E-state index in [-0.39, 0.29) is 43.9 Å². The van der Waals surface area contributed by atoms with Gasteiger partial charge in [-0.25, -0.2) is 14.8 Å². The van der Waals surface area contributed by atoms with Crippen molar-refractivity contribution in [1.29, 1.82) is 0 Å². The SMILES string of the molecule is CCC1CCC(c2ccc(-c3cnc(-c4ccc(CC(NC(=O)OCc5ccccc5)C(=O)N5CC(C(=O)OC)C5)cc4)nc3)cc2)CC1. The molecule has 4 aromatic rings. The summed E-state index contributed by atoms with van der Waals surface area (Å²) >= 11 is 0. The summed E-state index contributed by atoms with van der Waals surface area (Å²) in [6, 6.07) is 25.0. The summed E-state index contributed by atoms with van der Waals surface area (Å²) in [4.78, 5) is 48.9. The highest BCUT2D eigenvalue weighted by atomic mass is 16.5. The van der Waals surface area contributed by atoms with Gasteiger partial charge < -0.3 is 19.7 Å². The molecule has 6 rings (SSSR count). The van der Waals surface area contributed by atoms with Crippen molar-refractivity contribution < 1.29 is 23.9 Å². The molecular formula is C40H44N4O5. The van der Waals surface area contributed by atoms with E-state index in [4.69, 9.17) is 9.47 Å². The Kier molecular flexibility index (Phi) is 11.0. The Hall–Kier alpha value is -5.05. The van der Waals surface area contributed by atoms with E-state index in [1.807, 2.05) is 67.0 Å². The highest BCUT2D eigenvalue weighted by Crippen LogP contribution is 2.37. The molecule has 1 unspecified atom stereocenters. The topological polar surface area (TPSA) is 111 Å². The third kappa shape index (κ3) is 8.52. The van der Waals surface area contributed by atoms with Crippen LogP contribution in [0.1, 0.15) is 61.6 Å². The van der Waals surface area contributed by atoms with Crippen LogP contribution >= 0.6 is 0 Å². The van der Waals surface area contributed by atoms with Gasteiger partial charge in [0.05, 0.1) is 13.0 Å². The van der Waals surface area contributed by atoms with Gasteiger partial charge in [0.15, 0.2) is 5.82 Å². The number of benzene rings is 3. The highest BCUT2D eigenvalue weighted by molar-refractivity contribution is 5.88. The largest absolute Gasteiger partial charge is 0.469 e. The van der Waals surface area contributed by atoms with Crippen molar-refractivity contribution in [3.05, 3.63) is 108 Å². The molecule has 9 heteroatoms. The summed E-state index contributed by atoms with van der Waals surface area (Å²) in [6.07, 6.45) is 9.77. The molecule has 2 fully saturated rings. The van der Waals surface area contributed by atoms with Gasteiger partial charge in [0.25, 0.3) is 0 Å². The van der Waals surface area contributed by atoms with Gasteiger partial charge in [-0.05, 0) is 59.8 Å². The van der Waals surface area contributed by atoms with E-state index >= 15 is 0 Å². The van der Waals surface area contributed by atoms with Gasteiger partial charge >= 0.3 is 12.1 Å². The van der Waals surface area contributed by atoms with Crippen LogP contribution < -0.4 is 5.32 Å². The van der Waals surface area contributed by atoms with Crippen LogP contribution in [0.5, 0.6) is 0 Å². The fourth-order valence-electron chi connectivity index (χ4n) is 6.81. The van der Waals surface area contributed by atoms with Crippen molar-refractivity contribution in [3.63, 3.8) is 0 Å². The first kappa shape index (κ1) is 33.8. The van der Waals surface area contributed by atoms with Gasteiger partial charge in [-0.3, -0.25) is 9.59 Å². The van der Waals surface area contributed by atoms with E-state index in [0.717, 1.165) is 33.7 Å². The minimum atomic E-state index is -0.874. The number of likely N-dealkylation sites (tertiary alicyclic amines) is 1. The van der Waals surface area contributed by atoms with Crippen LogP contribution in [0.15, 0.2) is 91.3 Å². The molecule has 1 saturated carbocycles. The molecule has 2 aliphatic rings. The van der Waals surface area contributed by atoms with Crippen molar-refractivity contribution in [2.45, 2.75) is 64.0 Å². The molecule has 2 heterocycles. The Morgan fingerprint density at radius 2 is 1.47 bits per heavy atom. The first-order chi connectivity index (χ1) is 23.9. The standard InChI is InChI=1S/C40H44N4O5/c1-3-27-9-13-30(14-10-27)31-17-19-32(20-18-31)34-22-41-37(42-23-34)33-15-11-28(12-16-33)21-36(38(45)44-24-35(25-44)39(46)48-2)43-40(47)49-26-29-7-5-4-6-8-29/h4-8,11-12,15-20,22-23,27,30,35-36H,3,9-10,13-14,21,24-26H2,1-2H3,(H,43,47). The lowest BCUT2D eigenvalue weighted by Crippen LogP contribution is -2.59. The Morgan fingerprint density at radius 3 is 2.10 bits per heavy atom. The number of amides is 2. The molecular weight excluding hydrogens is 616 g/mol. The Balaban J connectivity index is 1.08.